The van der Waals surface area contributed by atoms with Crippen LogP contribution in [0.4, 0.5) is 0 Å². The third kappa shape index (κ3) is 3.28. The molecule has 2 aromatic rings. The van der Waals surface area contributed by atoms with Crippen LogP contribution >= 0.6 is 0 Å². The first-order valence-electron chi connectivity index (χ1n) is 7.90. The fourth-order valence-electron chi connectivity index (χ4n) is 2.99. The number of aryl methyl sites for hydroxylation is 1. The van der Waals surface area contributed by atoms with Crippen molar-refractivity contribution in [2.75, 3.05) is 0 Å². The first-order chi connectivity index (χ1) is 10.7. The molecule has 110 valence electrons. The highest BCUT2D eigenvalue weighted by Crippen LogP contribution is 2.32. The van der Waals surface area contributed by atoms with Gasteiger partial charge in [-0.2, -0.15) is 0 Å². The lowest BCUT2D eigenvalue weighted by molar-refractivity contribution is 1.14. The van der Waals surface area contributed by atoms with E-state index in [0.717, 1.165) is 19.3 Å². The van der Waals surface area contributed by atoms with Gasteiger partial charge in [0.25, 0.3) is 0 Å². The number of hydrogen-bond donors (Lipinski definition) is 0. The van der Waals surface area contributed by atoms with Crippen LogP contribution in [0.25, 0.3) is 11.6 Å². The van der Waals surface area contributed by atoms with Crippen LogP contribution in [0.5, 0.6) is 0 Å². The molecule has 0 fully saturated rings. The van der Waals surface area contributed by atoms with E-state index in [-0.39, 0.29) is 0 Å². The van der Waals surface area contributed by atoms with Gasteiger partial charge in [-0.3, -0.25) is 0 Å². The summed E-state index contributed by atoms with van der Waals surface area (Å²) in [5.74, 6) is 0. The third-order valence-corrected chi connectivity index (χ3v) is 4.26. The second-order valence-electron chi connectivity index (χ2n) is 5.98. The average molecular weight is 286 g/mol. The Morgan fingerprint density at radius 3 is 2.73 bits per heavy atom. The fourth-order valence-corrected chi connectivity index (χ4v) is 2.99. The zero-order chi connectivity index (χ0) is 15.4. The van der Waals surface area contributed by atoms with Crippen LogP contribution < -0.4 is 0 Å². The molecular weight excluding hydrogens is 264 g/mol. The first kappa shape index (κ1) is 14.6. The summed E-state index contributed by atoms with van der Waals surface area (Å²) in [5, 5.41) is 0. The van der Waals surface area contributed by atoms with Crippen LogP contribution in [0.15, 0.2) is 72.8 Å². The van der Waals surface area contributed by atoms with Gasteiger partial charge in [0.15, 0.2) is 0 Å². The summed E-state index contributed by atoms with van der Waals surface area (Å²) in [6, 6.07) is 17.2. The Hall–Kier alpha value is -2.34. The number of allylic oxidation sites excluding steroid dienone is 4. The smallest absolute Gasteiger partial charge is 0.00637 e. The molecule has 1 aliphatic carbocycles. The van der Waals surface area contributed by atoms with Gasteiger partial charge in [0.05, 0.1) is 0 Å². The van der Waals surface area contributed by atoms with Gasteiger partial charge >= 0.3 is 0 Å². The lowest BCUT2D eigenvalue weighted by Crippen LogP contribution is -1.86. The van der Waals surface area contributed by atoms with Crippen LogP contribution in [0.3, 0.4) is 0 Å². The number of fused-ring (bicyclic) bond motifs is 1. The SMILES string of the molecule is C=C(C/C=C/c1ccccc1C)CC1=CCc2ccccc21. The minimum Gasteiger partial charge on any atom is -0.0992 e. The van der Waals surface area contributed by atoms with Crippen molar-refractivity contribution in [1.82, 2.24) is 0 Å². The van der Waals surface area contributed by atoms with Crippen molar-refractivity contribution >= 4 is 11.6 Å². The van der Waals surface area contributed by atoms with Gasteiger partial charge in [0, 0.05) is 0 Å². The van der Waals surface area contributed by atoms with Crippen molar-refractivity contribution in [3.05, 3.63) is 95.1 Å². The molecule has 0 saturated carbocycles. The monoisotopic (exact) mass is 286 g/mol. The van der Waals surface area contributed by atoms with Gasteiger partial charge in [-0.05, 0) is 54.0 Å². The summed E-state index contributed by atoms with van der Waals surface area (Å²) < 4.78 is 0. The molecule has 0 unspecified atom stereocenters. The quantitative estimate of drug-likeness (QED) is 0.593. The van der Waals surface area contributed by atoms with Crippen molar-refractivity contribution < 1.29 is 0 Å². The minimum absolute atomic E-state index is 0.938. The van der Waals surface area contributed by atoms with Crippen LogP contribution in [-0.2, 0) is 6.42 Å². The molecule has 0 amide bonds. The largest absolute Gasteiger partial charge is 0.0992 e. The fraction of sp³-hybridized carbons (Fsp3) is 0.182. The summed E-state index contributed by atoms with van der Waals surface area (Å²) in [6.45, 7) is 6.40. The van der Waals surface area contributed by atoms with Gasteiger partial charge in [-0.1, -0.05) is 78.9 Å². The summed E-state index contributed by atoms with van der Waals surface area (Å²) in [5.41, 5.74) is 8.17. The average Bonchev–Trinajstić information content (AvgIpc) is 2.92. The van der Waals surface area contributed by atoms with Gasteiger partial charge in [0.2, 0.25) is 0 Å². The minimum atomic E-state index is 0.938. The van der Waals surface area contributed by atoms with E-state index in [1.54, 1.807) is 0 Å². The molecule has 2 aromatic carbocycles. The second-order valence-corrected chi connectivity index (χ2v) is 5.98. The molecule has 0 nitrogen and oxygen atoms in total. The highest BCUT2D eigenvalue weighted by molar-refractivity contribution is 5.74. The zero-order valence-corrected chi connectivity index (χ0v) is 13.2. The van der Waals surface area contributed by atoms with E-state index in [1.807, 2.05) is 0 Å². The van der Waals surface area contributed by atoms with E-state index in [4.69, 9.17) is 0 Å². The highest BCUT2D eigenvalue weighted by Gasteiger charge is 2.13. The lowest BCUT2D eigenvalue weighted by Gasteiger charge is -2.07. The lowest BCUT2D eigenvalue weighted by atomic mass is 9.98. The second kappa shape index (κ2) is 6.62. The summed E-state index contributed by atoms with van der Waals surface area (Å²) in [6.07, 6.45) is 9.77. The number of benzene rings is 2. The van der Waals surface area contributed by atoms with E-state index >= 15 is 0 Å². The third-order valence-electron chi connectivity index (χ3n) is 4.26. The van der Waals surface area contributed by atoms with Crippen molar-refractivity contribution in [2.24, 2.45) is 0 Å². The molecule has 0 spiro atoms. The van der Waals surface area contributed by atoms with Crippen molar-refractivity contribution in [3.63, 3.8) is 0 Å². The normalized spacial score (nSPS) is 13.2. The van der Waals surface area contributed by atoms with Crippen molar-refractivity contribution in [3.8, 4) is 0 Å². The molecule has 0 atom stereocenters. The standard InChI is InChI=1S/C22H22/c1-17(8-7-12-19-10-4-3-9-18(19)2)16-21-15-14-20-11-5-6-13-22(20)21/h3-7,9-13,15H,1,8,14,16H2,2H3/b12-7+. The van der Waals surface area contributed by atoms with Crippen LogP contribution in [-0.4, -0.2) is 0 Å². The molecule has 0 aromatic heterocycles. The topological polar surface area (TPSA) is 0 Å². The molecular formula is C22H22. The van der Waals surface area contributed by atoms with Gasteiger partial charge < -0.3 is 0 Å². The zero-order valence-electron chi connectivity index (χ0n) is 13.2. The Kier molecular flexibility index (Phi) is 4.39. The number of hydrogen-bond acceptors (Lipinski definition) is 0. The first-order valence-corrected chi connectivity index (χ1v) is 7.90. The van der Waals surface area contributed by atoms with Crippen molar-refractivity contribution in [1.29, 1.82) is 0 Å². The van der Waals surface area contributed by atoms with Gasteiger partial charge in [-0.25, -0.2) is 0 Å². The van der Waals surface area contributed by atoms with E-state index < -0.39 is 0 Å². The molecule has 0 N–H and O–H groups in total. The number of rotatable bonds is 5. The predicted octanol–water partition coefficient (Wildman–Crippen LogP) is 5.98. The van der Waals surface area contributed by atoms with E-state index in [2.05, 4.69) is 80.3 Å². The molecule has 1 aliphatic rings. The summed E-state index contributed by atoms with van der Waals surface area (Å²) >= 11 is 0. The predicted molar refractivity (Wildman–Crippen MR) is 96.7 cm³/mol. The molecule has 0 aliphatic heterocycles. The molecule has 0 heteroatoms. The molecule has 0 bridgehead atoms. The van der Waals surface area contributed by atoms with Crippen LogP contribution in [0, 0.1) is 6.92 Å². The maximum atomic E-state index is 4.25. The Labute approximate surface area is 133 Å². The molecule has 0 heterocycles. The van der Waals surface area contributed by atoms with E-state index in [1.165, 1.54) is 33.4 Å². The van der Waals surface area contributed by atoms with Crippen molar-refractivity contribution in [2.45, 2.75) is 26.2 Å². The molecule has 22 heavy (non-hydrogen) atoms. The van der Waals surface area contributed by atoms with Crippen LogP contribution in [0.1, 0.15) is 35.1 Å². The summed E-state index contributed by atoms with van der Waals surface area (Å²) in [7, 11) is 0. The molecule has 0 radical (unpaired) electrons. The Balaban J connectivity index is 1.59. The molecule has 0 saturated heterocycles. The van der Waals surface area contributed by atoms with E-state index in [9.17, 15) is 0 Å². The van der Waals surface area contributed by atoms with Gasteiger partial charge in [-0.15, -0.1) is 0 Å². The highest BCUT2D eigenvalue weighted by atomic mass is 14.2. The Morgan fingerprint density at radius 2 is 1.86 bits per heavy atom. The summed E-state index contributed by atoms with van der Waals surface area (Å²) in [4.78, 5) is 0. The van der Waals surface area contributed by atoms with Crippen LogP contribution in [0.2, 0.25) is 0 Å². The molecule has 3 rings (SSSR count). The maximum Gasteiger partial charge on any atom is -0.00637 e. The Bertz CT molecular complexity index is 744. The Morgan fingerprint density at radius 1 is 1.09 bits per heavy atom. The van der Waals surface area contributed by atoms with E-state index in [0.29, 0.717) is 0 Å². The van der Waals surface area contributed by atoms with Gasteiger partial charge in [0.1, 0.15) is 0 Å². The maximum absolute atomic E-state index is 4.25.